The number of methoxy groups -OCH3 is 1. The van der Waals surface area contributed by atoms with E-state index in [0.717, 1.165) is 0 Å². The summed E-state index contributed by atoms with van der Waals surface area (Å²) in [5.74, 6) is -0.679. The molecule has 0 aromatic heterocycles. The van der Waals surface area contributed by atoms with E-state index in [1.54, 1.807) is 45.2 Å². The molecule has 1 aromatic carbocycles. The SMILES string of the molecule is CCOC(=O)[C@@]1(N)[C@H](c2ccc(OC)cc2)[C@@H]1S(=O)(=O)CC. The van der Waals surface area contributed by atoms with Gasteiger partial charge in [0.25, 0.3) is 0 Å². The second-order valence-corrected chi connectivity index (χ2v) is 7.69. The average Bonchev–Trinajstić information content (AvgIpc) is 3.16. The Morgan fingerprint density at radius 3 is 2.32 bits per heavy atom. The number of carbonyl (C=O) groups excluding carboxylic acids is 1. The first-order valence-electron chi connectivity index (χ1n) is 7.14. The maximum Gasteiger partial charge on any atom is 0.328 e. The number of nitrogens with two attached hydrogens (primary N) is 1. The van der Waals surface area contributed by atoms with E-state index in [4.69, 9.17) is 15.2 Å². The number of sulfone groups is 1. The van der Waals surface area contributed by atoms with E-state index < -0.39 is 32.5 Å². The highest BCUT2D eigenvalue weighted by Gasteiger charge is 2.74. The molecule has 1 aliphatic rings. The van der Waals surface area contributed by atoms with Crippen LogP contribution in [0.4, 0.5) is 0 Å². The van der Waals surface area contributed by atoms with Gasteiger partial charge in [0, 0.05) is 11.7 Å². The largest absolute Gasteiger partial charge is 0.497 e. The third-order valence-corrected chi connectivity index (χ3v) is 6.31. The molecular weight excluding hydrogens is 306 g/mol. The molecule has 0 spiro atoms. The van der Waals surface area contributed by atoms with E-state index in [2.05, 4.69) is 0 Å². The summed E-state index contributed by atoms with van der Waals surface area (Å²) >= 11 is 0. The number of rotatable bonds is 6. The lowest BCUT2D eigenvalue weighted by atomic mass is 10.1. The molecule has 0 heterocycles. The summed E-state index contributed by atoms with van der Waals surface area (Å²) in [4.78, 5) is 12.2. The van der Waals surface area contributed by atoms with E-state index in [9.17, 15) is 13.2 Å². The summed E-state index contributed by atoms with van der Waals surface area (Å²) in [6.07, 6.45) is 0. The molecule has 2 rings (SSSR count). The Kier molecular flexibility index (Phi) is 4.49. The number of carbonyl (C=O) groups is 1. The van der Waals surface area contributed by atoms with Gasteiger partial charge in [0.1, 0.15) is 11.3 Å². The van der Waals surface area contributed by atoms with Crippen LogP contribution < -0.4 is 10.5 Å². The van der Waals surface area contributed by atoms with Crippen LogP contribution in [0, 0.1) is 0 Å². The van der Waals surface area contributed by atoms with Crippen molar-refractivity contribution in [1.29, 1.82) is 0 Å². The Hall–Kier alpha value is -1.60. The molecule has 22 heavy (non-hydrogen) atoms. The predicted octanol–water partition coefficient (Wildman–Crippen LogP) is 0.856. The van der Waals surface area contributed by atoms with Gasteiger partial charge in [0.2, 0.25) is 0 Å². The predicted molar refractivity (Wildman–Crippen MR) is 82.5 cm³/mol. The van der Waals surface area contributed by atoms with Crippen molar-refractivity contribution in [2.45, 2.75) is 30.6 Å². The maximum absolute atomic E-state index is 12.3. The van der Waals surface area contributed by atoms with Gasteiger partial charge in [-0.1, -0.05) is 19.1 Å². The van der Waals surface area contributed by atoms with Crippen LogP contribution in [-0.2, 0) is 19.4 Å². The van der Waals surface area contributed by atoms with Crippen LogP contribution in [0.15, 0.2) is 24.3 Å². The number of esters is 1. The minimum absolute atomic E-state index is 0.0668. The normalized spacial score (nSPS) is 27.3. The number of ether oxygens (including phenoxy) is 2. The highest BCUT2D eigenvalue weighted by Crippen LogP contribution is 2.55. The van der Waals surface area contributed by atoms with Crippen LogP contribution in [0.25, 0.3) is 0 Å². The molecule has 1 fully saturated rings. The summed E-state index contributed by atoms with van der Waals surface area (Å²) in [7, 11) is -1.92. The van der Waals surface area contributed by atoms with Gasteiger partial charge in [-0.2, -0.15) is 0 Å². The third kappa shape index (κ3) is 2.59. The molecule has 1 saturated carbocycles. The first kappa shape index (κ1) is 16.8. The lowest BCUT2D eigenvalue weighted by Gasteiger charge is -2.11. The number of hydrogen-bond acceptors (Lipinski definition) is 6. The van der Waals surface area contributed by atoms with Gasteiger partial charge in [0.05, 0.1) is 19.0 Å². The fourth-order valence-electron chi connectivity index (χ4n) is 2.82. The summed E-state index contributed by atoms with van der Waals surface area (Å²) < 4.78 is 34.6. The van der Waals surface area contributed by atoms with E-state index in [-0.39, 0.29) is 12.4 Å². The van der Waals surface area contributed by atoms with Crippen LogP contribution in [0.5, 0.6) is 5.75 Å². The fourth-order valence-corrected chi connectivity index (χ4v) is 4.73. The van der Waals surface area contributed by atoms with Gasteiger partial charge in [-0.25, -0.2) is 13.2 Å². The smallest absolute Gasteiger partial charge is 0.328 e. The third-order valence-electron chi connectivity index (χ3n) is 4.07. The molecule has 7 heteroatoms. The summed E-state index contributed by atoms with van der Waals surface area (Å²) in [5.41, 5.74) is 5.32. The molecule has 122 valence electrons. The molecule has 1 aromatic rings. The maximum atomic E-state index is 12.3. The topological polar surface area (TPSA) is 95.7 Å². The zero-order chi connectivity index (χ0) is 16.5. The van der Waals surface area contributed by atoms with Gasteiger partial charge in [-0.05, 0) is 24.6 Å². The molecule has 0 amide bonds. The zero-order valence-electron chi connectivity index (χ0n) is 12.9. The molecule has 3 atom stereocenters. The van der Waals surface area contributed by atoms with Gasteiger partial charge >= 0.3 is 5.97 Å². The van der Waals surface area contributed by atoms with Gasteiger partial charge in [0.15, 0.2) is 9.84 Å². The standard InChI is InChI=1S/C15H21NO5S/c1-4-21-14(17)15(16)12(13(15)22(18,19)5-2)10-6-8-11(20-3)9-7-10/h6-9,12-13H,4-5,16H2,1-3H3/t12-,13+,15-/m1/s1. The summed E-state index contributed by atoms with van der Waals surface area (Å²) in [6, 6.07) is 6.90. The van der Waals surface area contributed by atoms with Gasteiger partial charge in [-0.3, -0.25) is 0 Å². The van der Waals surface area contributed by atoms with Crippen molar-refractivity contribution in [2.24, 2.45) is 5.73 Å². The lowest BCUT2D eigenvalue weighted by Crippen LogP contribution is -2.41. The monoisotopic (exact) mass is 327 g/mol. The number of hydrogen-bond donors (Lipinski definition) is 1. The van der Waals surface area contributed by atoms with Crippen LogP contribution >= 0.6 is 0 Å². The summed E-state index contributed by atoms with van der Waals surface area (Å²) in [5, 5.41) is -0.947. The quantitative estimate of drug-likeness (QED) is 0.779. The van der Waals surface area contributed by atoms with Crippen LogP contribution in [0.1, 0.15) is 25.3 Å². The molecule has 0 unspecified atom stereocenters. The zero-order valence-corrected chi connectivity index (χ0v) is 13.7. The minimum Gasteiger partial charge on any atom is -0.497 e. The Labute approximate surface area is 130 Å². The van der Waals surface area contributed by atoms with Gasteiger partial charge < -0.3 is 15.2 Å². The lowest BCUT2D eigenvalue weighted by molar-refractivity contribution is -0.145. The van der Waals surface area contributed by atoms with Crippen LogP contribution in [0.2, 0.25) is 0 Å². The molecular formula is C15H21NO5S. The second kappa shape index (κ2) is 5.89. The fraction of sp³-hybridized carbons (Fsp3) is 0.533. The highest BCUT2D eigenvalue weighted by atomic mass is 32.2. The Bertz CT molecular complexity index is 655. The van der Waals surface area contributed by atoms with E-state index in [1.165, 1.54) is 0 Å². The van der Waals surface area contributed by atoms with Crippen molar-refractivity contribution in [3.63, 3.8) is 0 Å². The molecule has 0 saturated heterocycles. The van der Waals surface area contributed by atoms with Crippen molar-refractivity contribution in [2.75, 3.05) is 19.5 Å². The van der Waals surface area contributed by atoms with E-state index in [0.29, 0.717) is 11.3 Å². The van der Waals surface area contributed by atoms with Crippen molar-refractivity contribution < 1.29 is 22.7 Å². The molecule has 1 aliphatic carbocycles. The van der Waals surface area contributed by atoms with Gasteiger partial charge in [-0.15, -0.1) is 0 Å². The molecule has 6 nitrogen and oxygen atoms in total. The van der Waals surface area contributed by atoms with Crippen molar-refractivity contribution in [1.82, 2.24) is 0 Å². The average molecular weight is 327 g/mol. The van der Waals surface area contributed by atoms with Crippen molar-refractivity contribution in [3.05, 3.63) is 29.8 Å². The minimum atomic E-state index is -3.47. The number of benzene rings is 1. The first-order valence-corrected chi connectivity index (χ1v) is 8.86. The van der Waals surface area contributed by atoms with Crippen molar-refractivity contribution in [3.8, 4) is 5.75 Å². The molecule has 0 radical (unpaired) electrons. The Morgan fingerprint density at radius 1 is 1.27 bits per heavy atom. The summed E-state index contributed by atoms with van der Waals surface area (Å²) in [6.45, 7) is 3.37. The molecule has 0 aliphatic heterocycles. The van der Waals surface area contributed by atoms with E-state index >= 15 is 0 Å². The first-order chi connectivity index (χ1) is 10.3. The van der Waals surface area contributed by atoms with E-state index in [1.807, 2.05) is 0 Å². The highest BCUT2D eigenvalue weighted by molar-refractivity contribution is 7.92. The Balaban J connectivity index is 2.40. The van der Waals surface area contributed by atoms with Crippen LogP contribution in [0.3, 0.4) is 0 Å². The van der Waals surface area contributed by atoms with Crippen molar-refractivity contribution >= 4 is 15.8 Å². The molecule has 0 bridgehead atoms. The van der Waals surface area contributed by atoms with Crippen LogP contribution in [-0.4, -0.2) is 44.6 Å². The second-order valence-electron chi connectivity index (χ2n) is 5.28. The Morgan fingerprint density at radius 2 is 1.86 bits per heavy atom. The molecule has 2 N–H and O–H groups in total.